The van der Waals surface area contributed by atoms with E-state index in [0.717, 1.165) is 16.8 Å². The van der Waals surface area contributed by atoms with E-state index in [-0.39, 0.29) is 28.8 Å². The number of thioether (sulfide) groups is 1. The molecule has 35 heavy (non-hydrogen) atoms. The second kappa shape index (κ2) is 11.1. The Morgan fingerprint density at radius 1 is 1.14 bits per heavy atom. The summed E-state index contributed by atoms with van der Waals surface area (Å²) < 4.78 is 1.74. The number of carbonyl (C=O) groups excluding carboxylic acids is 2. The quantitative estimate of drug-likeness (QED) is 0.258. The topological polar surface area (TPSA) is 132 Å². The Hall–Kier alpha value is -3.73. The summed E-state index contributed by atoms with van der Waals surface area (Å²) in [7, 11) is 1.77. The Bertz CT molecular complexity index is 1260. The Morgan fingerprint density at radius 3 is 2.54 bits per heavy atom. The van der Waals surface area contributed by atoms with Gasteiger partial charge in [-0.15, -0.1) is 10.2 Å². The minimum atomic E-state index is -0.542. The largest absolute Gasteiger partial charge is 0.342 e. The van der Waals surface area contributed by atoms with Gasteiger partial charge in [0.25, 0.3) is 11.6 Å². The van der Waals surface area contributed by atoms with E-state index >= 15 is 0 Å². The van der Waals surface area contributed by atoms with E-state index in [1.165, 1.54) is 36.0 Å². The zero-order valence-corrected chi connectivity index (χ0v) is 21.0. The van der Waals surface area contributed by atoms with Crippen molar-refractivity contribution in [3.63, 3.8) is 0 Å². The minimum absolute atomic E-state index is 0.0361. The SMILES string of the molecule is Cc1cccc(NC(=O)CSc2nnc([C@H](NC(=O)c3cccc([N+](=O)[O-])c3)C(C)C)n2C)c1C. The maximum atomic E-state index is 12.8. The number of nitrogens with zero attached hydrogens (tertiary/aromatic N) is 4. The molecule has 0 saturated carbocycles. The van der Waals surface area contributed by atoms with Gasteiger partial charge in [-0.3, -0.25) is 19.7 Å². The van der Waals surface area contributed by atoms with Gasteiger partial charge in [-0.25, -0.2) is 0 Å². The Labute approximate surface area is 207 Å². The standard InChI is InChI=1S/C24H28N6O4S/c1-14(2)21(26-23(32)17-9-7-10-18(12-17)30(33)34)22-27-28-24(29(22)5)35-13-20(31)25-19-11-6-8-15(3)16(19)4/h6-12,14,21H,13H2,1-5H3,(H,25,31)(H,26,32)/t21-/m1/s1. The third-order valence-electron chi connectivity index (χ3n) is 5.63. The lowest BCUT2D eigenvalue weighted by Crippen LogP contribution is -2.33. The number of anilines is 1. The van der Waals surface area contributed by atoms with E-state index in [4.69, 9.17) is 0 Å². The Kier molecular flexibility index (Phi) is 8.23. The lowest BCUT2D eigenvalue weighted by atomic mass is 10.0. The summed E-state index contributed by atoms with van der Waals surface area (Å²) in [5.41, 5.74) is 2.92. The zero-order valence-electron chi connectivity index (χ0n) is 20.2. The molecule has 0 spiro atoms. The van der Waals surface area contributed by atoms with Crippen molar-refractivity contribution in [2.75, 3.05) is 11.1 Å². The van der Waals surface area contributed by atoms with Crippen LogP contribution in [0.1, 0.15) is 47.2 Å². The molecule has 0 aliphatic carbocycles. The molecule has 11 heteroatoms. The van der Waals surface area contributed by atoms with E-state index in [9.17, 15) is 19.7 Å². The van der Waals surface area contributed by atoms with Crippen molar-refractivity contribution in [1.82, 2.24) is 20.1 Å². The van der Waals surface area contributed by atoms with Gasteiger partial charge in [0.1, 0.15) is 0 Å². The van der Waals surface area contributed by atoms with Crippen LogP contribution in [0.2, 0.25) is 0 Å². The smallest absolute Gasteiger partial charge is 0.270 e. The number of hydrogen-bond donors (Lipinski definition) is 2. The monoisotopic (exact) mass is 496 g/mol. The van der Waals surface area contributed by atoms with Crippen molar-refractivity contribution in [2.24, 2.45) is 13.0 Å². The molecular weight excluding hydrogens is 468 g/mol. The van der Waals surface area contributed by atoms with Crippen LogP contribution in [0.25, 0.3) is 0 Å². The fourth-order valence-corrected chi connectivity index (χ4v) is 4.16. The minimum Gasteiger partial charge on any atom is -0.342 e. The number of nitro benzene ring substituents is 1. The first-order valence-corrected chi connectivity index (χ1v) is 12.0. The molecule has 0 aliphatic rings. The highest BCUT2D eigenvalue weighted by atomic mass is 32.2. The number of amides is 2. The Morgan fingerprint density at radius 2 is 1.86 bits per heavy atom. The summed E-state index contributed by atoms with van der Waals surface area (Å²) in [5, 5.41) is 25.9. The van der Waals surface area contributed by atoms with Crippen LogP contribution in [-0.4, -0.2) is 37.3 Å². The number of aromatic nitrogens is 3. The van der Waals surface area contributed by atoms with Gasteiger partial charge >= 0.3 is 0 Å². The van der Waals surface area contributed by atoms with Gasteiger partial charge in [0.2, 0.25) is 5.91 Å². The van der Waals surface area contributed by atoms with Crippen LogP contribution in [0.3, 0.4) is 0 Å². The molecule has 1 heterocycles. The van der Waals surface area contributed by atoms with Crippen LogP contribution < -0.4 is 10.6 Å². The van der Waals surface area contributed by atoms with E-state index in [1.54, 1.807) is 11.6 Å². The molecule has 0 saturated heterocycles. The van der Waals surface area contributed by atoms with E-state index in [2.05, 4.69) is 20.8 Å². The van der Waals surface area contributed by atoms with Gasteiger partial charge in [-0.2, -0.15) is 0 Å². The van der Waals surface area contributed by atoms with E-state index in [0.29, 0.717) is 11.0 Å². The molecule has 1 atom stereocenters. The summed E-state index contributed by atoms with van der Waals surface area (Å²) in [6.45, 7) is 7.81. The predicted molar refractivity (Wildman–Crippen MR) is 134 cm³/mol. The molecule has 10 nitrogen and oxygen atoms in total. The van der Waals surface area contributed by atoms with E-state index < -0.39 is 16.9 Å². The first kappa shape index (κ1) is 25.9. The number of rotatable bonds is 9. The van der Waals surface area contributed by atoms with Crippen LogP contribution >= 0.6 is 11.8 Å². The maximum absolute atomic E-state index is 12.8. The van der Waals surface area contributed by atoms with Gasteiger partial charge in [0, 0.05) is 30.4 Å². The third-order valence-corrected chi connectivity index (χ3v) is 6.65. The van der Waals surface area contributed by atoms with Crippen molar-refractivity contribution in [1.29, 1.82) is 0 Å². The molecule has 2 aromatic carbocycles. The van der Waals surface area contributed by atoms with Crippen LogP contribution in [0.5, 0.6) is 0 Å². The highest BCUT2D eigenvalue weighted by Gasteiger charge is 2.26. The molecule has 2 amide bonds. The lowest BCUT2D eigenvalue weighted by Gasteiger charge is -2.21. The van der Waals surface area contributed by atoms with Crippen molar-refractivity contribution < 1.29 is 14.5 Å². The molecule has 1 aromatic heterocycles. The molecule has 184 valence electrons. The molecule has 0 unspecified atom stereocenters. The number of benzene rings is 2. The van der Waals surface area contributed by atoms with Crippen molar-refractivity contribution in [3.05, 3.63) is 75.1 Å². The molecule has 3 aromatic rings. The van der Waals surface area contributed by atoms with Crippen LogP contribution in [0.15, 0.2) is 47.6 Å². The van der Waals surface area contributed by atoms with Gasteiger partial charge in [0.05, 0.1) is 16.7 Å². The fourth-order valence-electron chi connectivity index (χ4n) is 3.44. The van der Waals surface area contributed by atoms with Gasteiger partial charge in [0.15, 0.2) is 11.0 Å². The number of nitro groups is 1. The molecule has 3 rings (SSSR count). The number of aryl methyl sites for hydroxylation is 1. The fraction of sp³-hybridized carbons (Fsp3) is 0.333. The summed E-state index contributed by atoms with van der Waals surface area (Å²) in [6, 6.07) is 10.8. The van der Waals surface area contributed by atoms with Gasteiger partial charge in [-0.1, -0.05) is 43.8 Å². The molecule has 2 N–H and O–H groups in total. The highest BCUT2D eigenvalue weighted by molar-refractivity contribution is 7.99. The molecular formula is C24H28N6O4S. The van der Waals surface area contributed by atoms with Crippen LogP contribution in [-0.2, 0) is 11.8 Å². The number of carbonyl (C=O) groups is 2. The average Bonchev–Trinajstić information content (AvgIpc) is 3.18. The van der Waals surface area contributed by atoms with Crippen molar-refractivity contribution in [3.8, 4) is 0 Å². The van der Waals surface area contributed by atoms with Crippen molar-refractivity contribution >= 4 is 35.0 Å². The van der Waals surface area contributed by atoms with Gasteiger partial charge < -0.3 is 15.2 Å². The number of hydrogen-bond acceptors (Lipinski definition) is 7. The summed E-state index contributed by atoms with van der Waals surface area (Å²) in [5.74, 6) is 0.0264. The normalized spacial score (nSPS) is 11.8. The molecule has 0 radical (unpaired) electrons. The third kappa shape index (κ3) is 6.24. The summed E-state index contributed by atoms with van der Waals surface area (Å²) in [6.07, 6.45) is 0. The zero-order chi connectivity index (χ0) is 25.7. The van der Waals surface area contributed by atoms with Crippen LogP contribution in [0, 0.1) is 29.9 Å². The summed E-state index contributed by atoms with van der Waals surface area (Å²) in [4.78, 5) is 35.8. The second-order valence-corrected chi connectivity index (χ2v) is 9.43. The second-order valence-electron chi connectivity index (χ2n) is 8.49. The maximum Gasteiger partial charge on any atom is 0.270 e. The predicted octanol–water partition coefficient (Wildman–Crippen LogP) is 4.20. The summed E-state index contributed by atoms with van der Waals surface area (Å²) >= 11 is 1.24. The average molecular weight is 497 g/mol. The number of nitrogens with one attached hydrogen (secondary N) is 2. The molecule has 0 bridgehead atoms. The molecule has 0 fully saturated rings. The Balaban J connectivity index is 1.69. The first-order chi connectivity index (χ1) is 16.6. The van der Waals surface area contributed by atoms with Crippen LogP contribution in [0.4, 0.5) is 11.4 Å². The lowest BCUT2D eigenvalue weighted by molar-refractivity contribution is -0.384. The van der Waals surface area contributed by atoms with E-state index in [1.807, 2.05) is 45.9 Å². The number of non-ortho nitro benzene ring substituents is 1. The van der Waals surface area contributed by atoms with Gasteiger partial charge in [-0.05, 0) is 43.0 Å². The highest BCUT2D eigenvalue weighted by Crippen LogP contribution is 2.25. The van der Waals surface area contributed by atoms with Crippen molar-refractivity contribution in [2.45, 2.75) is 38.9 Å². The first-order valence-electron chi connectivity index (χ1n) is 11.0. The molecule has 0 aliphatic heterocycles.